The highest BCUT2D eigenvalue weighted by atomic mass is 19.1. The molecular formula is C12H16FNO3. The van der Waals surface area contributed by atoms with Crippen LogP contribution in [0.4, 0.5) is 10.1 Å². The minimum Gasteiger partial charge on any atom is -0.469 e. The van der Waals surface area contributed by atoms with Gasteiger partial charge in [-0.15, -0.1) is 0 Å². The van der Waals surface area contributed by atoms with Crippen LogP contribution in [0, 0.1) is 5.82 Å². The molecule has 0 bridgehead atoms. The molecule has 17 heavy (non-hydrogen) atoms. The molecule has 0 saturated carbocycles. The van der Waals surface area contributed by atoms with Crippen LogP contribution in [0.15, 0.2) is 18.2 Å². The highest BCUT2D eigenvalue weighted by molar-refractivity contribution is 5.70. The lowest BCUT2D eigenvalue weighted by Gasteiger charge is -2.16. The number of esters is 1. The lowest BCUT2D eigenvalue weighted by Crippen LogP contribution is -2.12. The molecule has 94 valence electrons. The second-order valence-electron chi connectivity index (χ2n) is 3.90. The van der Waals surface area contributed by atoms with Gasteiger partial charge in [-0.05, 0) is 17.7 Å². The minimum atomic E-state index is -1.05. The fourth-order valence-electron chi connectivity index (χ4n) is 1.45. The Labute approximate surface area is 99.6 Å². The number of hydrogen-bond acceptors (Lipinski definition) is 4. The van der Waals surface area contributed by atoms with Gasteiger partial charge in [-0.3, -0.25) is 4.79 Å². The van der Waals surface area contributed by atoms with Gasteiger partial charge in [0.05, 0.1) is 25.3 Å². The summed E-state index contributed by atoms with van der Waals surface area (Å²) in [6.45, 7) is 0. The third-order valence-electron chi connectivity index (χ3n) is 2.43. The van der Waals surface area contributed by atoms with Crippen molar-refractivity contribution in [2.45, 2.75) is 12.5 Å². The van der Waals surface area contributed by atoms with Crippen molar-refractivity contribution in [2.24, 2.45) is 0 Å². The van der Waals surface area contributed by atoms with E-state index in [4.69, 9.17) is 0 Å². The van der Waals surface area contributed by atoms with Crippen LogP contribution in [0.3, 0.4) is 0 Å². The number of rotatable bonds is 4. The zero-order valence-electron chi connectivity index (χ0n) is 10.1. The summed E-state index contributed by atoms with van der Waals surface area (Å²) in [7, 11) is 4.69. The second-order valence-corrected chi connectivity index (χ2v) is 3.90. The first kappa shape index (κ1) is 13.4. The summed E-state index contributed by atoms with van der Waals surface area (Å²) in [5, 5.41) is 9.69. The fourth-order valence-corrected chi connectivity index (χ4v) is 1.45. The van der Waals surface area contributed by atoms with Crippen molar-refractivity contribution in [1.29, 1.82) is 0 Å². The molecule has 0 saturated heterocycles. The number of aliphatic hydroxyl groups is 1. The summed E-state index contributed by atoms with van der Waals surface area (Å²) in [4.78, 5) is 12.6. The van der Waals surface area contributed by atoms with Gasteiger partial charge in [-0.2, -0.15) is 0 Å². The van der Waals surface area contributed by atoms with E-state index >= 15 is 0 Å². The first-order chi connectivity index (χ1) is 7.95. The van der Waals surface area contributed by atoms with Crippen molar-refractivity contribution in [2.75, 3.05) is 26.1 Å². The van der Waals surface area contributed by atoms with Crippen LogP contribution in [0.2, 0.25) is 0 Å². The van der Waals surface area contributed by atoms with Crippen molar-refractivity contribution in [3.05, 3.63) is 29.6 Å². The minimum absolute atomic E-state index is 0.183. The monoisotopic (exact) mass is 241 g/mol. The SMILES string of the molecule is COC(=O)CC(O)c1ccc(N(C)C)c(F)c1. The molecule has 0 heterocycles. The lowest BCUT2D eigenvalue weighted by atomic mass is 10.1. The van der Waals surface area contributed by atoms with E-state index in [1.165, 1.54) is 13.2 Å². The van der Waals surface area contributed by atoms with Gasteiger partial charge < -0.3 is 14.7 Å². The Hall–Kier alpha value is -1.62. The van der Waals surface area contributed by atoms with Gasteiger partial charge in [0.15, 0.2) is 0 Å². The van der Waals surface area contributed by atoms with Gasteiger partial charge in [0.2, 0.25) is 0 Å². The van der Waals surface area contributed by atoms with Crippen LogP contribution >= 0.6 is 0 Å². The van der Waals surface area contributed by atoms with E-state index < -0.39 is 17.9 Å². The summed E-state index contributed by atoms with van der Waals surface area (Å²) in [5.74, 6) is -0.967. The number of carbonyl (C=O) groups excluding carboxylic acids is 1. The van der Waals surface area contributed by atoms with Crippen LogP contribution in [-0.4, -0.2) is 32.3 Å². The third-order valence-corrected chi connectivity index (χ3v) is 2.43. The fraction of sp³-hybridized carbons (Fsp3) is 0.417. The van der Waals surface area contributed by atoms with Crippen molar-refractivity contribution in [3.63, 3.8) is 0 Å². The maximum absolute atomic E-state index is 13.6. The predicted molar refractivity (Wildman–Crippen MR) is 62.3 cm³/mol. The molecule has 0 aliphatic rings. The van der Waals surface area contributed by atoms with Crippen molar-refractivity contribution >= 4 is 11.7 Å². The predicted octanol–water partition coefficient (Wildman–Crippen LogP) is 1.49. The van der Waals surface area contributed by atoms with Crippen molar-refractivity contribution < 1.29 is 19.0 Å². The molecule has 1 atom stereocenters. The Kier molecular flexibility index (Phi) is 4.45. The highest BCUT2D eigenvalue weighted by Gasteiger charge is 2.15. The molecule has 0 aliphatic carbocycles. The van der Waals surface area contributed by atoms with Crippen molar-refractivity contribution in [1.82, 2.24) is 0 Å². The molecule has 0 aliphatic heterocycles. The molecule has 5 heteroatoms. The van der Waals surface area contributed by atoms with Crippen LogP contribution in [-0.2, 0) is 9.53 Å². The number of halogens is 1. The zero-order valence-corrected chi connectivity index (χ0v) is 10.1. The molecule has 1 rings (SSSR count). The number of ether oxygens (including phenoxy) is 1. The first-order valence-electron chi connectivity index (χ1n) is 5.17. The molecule has 1 aromatic rings. The average Bonchev–Trinajstić information content (AvgIpc) is 2.28. The topological polar surface area (TPSA) is 49.8 Å². The van der Waals surface area contributed by atoms with E-state index in [0.717, 1.165) is 0 Å². The quantitative estimate of drug-likeness (QED) is 0.811. The Morgan fingerprint density at radius 2 is 2.18 bits per heavy atom. The maximum atomic E-state index is 13.6. The van der Waals surface area contributed by atoms with E-state index in [1.807, 2.05) is 0 Å². The summed E-state index contributed by atoms with van der Waals surface area (Å²) >= 11 is 0. The molecule has 1 aromatic carbocycles. The number of nitrogens with zero attached hydrogens (tertiary/aromatic N) is 1. The van der Waals surface area contributed by atoms with E-state index in [2.05, 4.69) is 4.74 Å². The summed E-state index contributed by atoms with van der Waals surface area (Å²) in [5.41, 5.74) is 0.789. The van der Waals surface area contributed by atoms with Crippen molar-refractivity contribution in [3.8, 4) is 0 Å². The van der Waals surface area contributed by atoms with E-state index in [0.29, 0.717) is 11.3 Å². The van der Waals surface area contributed by atoms with Gasteiger partial charge in [0.1, 0.15) is 5.82 Å². The van der Waals surface area contributed by atoms with Gasteiger partial charge in [-0.1, -0.05) is 6.07 Å². The third kappa shape index (κ3) is 3.42. The number of benzene rings is 1. The van der Waals surface area contributed by atoms with E-state index in [1.54, 1.807) is 31.1 Å². The Morgan fingerprint density at radius 3 is 2.65 bits per heavy atom. The number of methoxy groups -OCH3 is 1. The number of anilines is 1. The smallest absolute Gasteiger partial charge is 0.308 e. The zero-order chi connectivity index (χ0) is 13.0. The molecule has 1 N–H and O–H groups in total. The number of carbonyl (C=O) groups is 1. The lowest BCUT2D eigenvalue weighted by molar-refractivity contribution is -0.142. The summed E-state index contributed by atoms with van der Waals surface area (Å²) in [6.07, 6.45) is -1.23. The highest BCUT2D eigenvalue weighted by Crippen LogP contribution is 2.23. The van der Waals surface area contributed by atoms with Gasteiger partial charge in [0, 0.05) is 14.1 Å². The molecule has 4 nitrogen and oxygen atoms in total. The van der Waals surface area contributed by atoms with Gasteiger partial charge >= 0.3 is 5.97 Å². The Morgan fingerprint density at radius 1 is 1.53 bits per heavy atom. The van der Waals surface area contributed by atoms with E-state index in [9.17, 15) is 14.3 Å². The second kappa shape index (κ2) is 5.63. The Bertz CT molecular complexity index is 407. The summed E-state index contributed by atoms with van der Waals surface area (Å²) < 4.78 is 18.0. The molecular weight excluding hydrogens is 225 g/mol. The Balaban J connectivity index is 2.86. The van der Waals surface area contributed by atoms with Crippen LogP contribution in [0.1, 0.15) is 18.1 Å². The maximum Gasteiger partial charge on any atom is 0.308 e. The molecule has 1 unspecified atom stereocenters. The van der Waals surface area contributed by atoms with Crippen LogP contribution in [0.25, 0.3) is 0 Å². The average molecular weight is 241 g/mol. The normalized spacial score (nSPS) is 12.1. The van der Waals surface area contributed by atoms with Gasteiger partial charge in [-0.25, -0.2) is 4.39 Å². The van der Waals surface area contributed by atoms with Crippen LogP contribution in [0.5, 0.6) is 0 Å². The molecule has 0 amide bonds. The van der Waals surface area contributed by atoms with Crippen LogP contribution < -0.4 is 4.90 Å². The molecule has 0 spiro atoms. The molecule has 0 radical (unpaired) electrons. The number of hydrogen-bond donors (Lipinski definition) is 1. The van der Waals surface area contributed by atoms with Gasteiger partial charge in [0.25, 0.3) is 0 Å². The number of aliphatic hydroxyl groups excluding tert-OH is 1. The van der Waals surface area contributed by atoms with E-state index in [-0.39, 0.29) is 6.42 Å². The molecule has 0 fully saturated rings. The first-order valence-corrected chi connectivity index (χ1v) is 5.17. The summed E-state index contributed by atoms with van der Waals surface area (Å²) in [6, 6.07) is 4.38. The molecule has 0 aromatic heterocycles. The largest absolute Gasteiger partial charge is 0.469 e. The standard InChI is InChI=1S/C12H16FNO3/c1-14(2)10-5-4-8(6-9(10)13)11(15)7-12(16)17-3/h4-6,11,15H,7H2,1-3H3.